The first kappa shape index (κ1) is 14.4. The van der Waals surface area contributed by atoms with Gasteiger partial charge in [-0.15, -0.1) is 6.58 Å². The third-order valence-corrected chi connectivity index (χ3v) is 7.19. The van der Waals surface area contributed by atoms with E-state index in [1.54, 1.807) is 5.57 Å². The molecule has 3 rings (SSSR count). The molecule has 0 saturated heterocycles. The lowest BCUT2D eigenvalue weighted by Gasteiger charge is -2.59. The summed E-state index contributed by atoms with van der Waals surface area (Å²) in [6.07, 6.45) is 14.5. The van der Waals surface area contributed by atoms with E-state index in [1.807, 2.05) is 0 Å². The Labute approximate surface area is 125 Å². The summed E-state index contributed by atoms with van der Waals surface area (Å²) in [5, 5.41) is 0. The van der Waals surface area contributed by atoms with Crippen molar-refractivity contribution in [3.8, 4) is 0 Å². The lowest BCUT2D eigenvalue weighted by molar-refractivity contribution is -0.0587. The minimum absolute atomic E-state index is 0.263. The predicted octanol–water partition coefficient (Wildman–Crippen LogP) is 6.14. The quantitative estimate of drug-likeness (QED) is 0.503. The van der Waals surface area contributed by atoms with Crippen molar-refractivity contribution in [1.29, 1.82) is 0 Å². The highest BCUT2D eigenvalue weighted by atomic mass is 14.6. The van der Waals surface area contributed by atoms with E-state index in [9.17, 15) is 0 Å². The van der Waals surface area contributed by atoms with Gasteiger partial charge in [0, 0.05) is 5.41 Å². The molecule has 2 saturated carbocycles. The topological polar surface area (TPSA) is 0 Å². The largest absolute Gasteiger partial charge is 0.102 e. The third-order valence-electron chi connectivity index (χ3n) is 7.19. The van der Waals surface area contributed by atoms with Crippen LogP contribution in [0.5, 0.6) is 0 Å². The average Bonchev–Trinajstić information content (AvgIpc) is 2.37. The van der Waals surface area contributed by atoms with Crippen molar-refractivity contribution < 1.29 is 0 Å². The van der Waals surface area contributed by atoms with Crippen molar-refractivity contribution in [2.45, 2.75) is 72.6 Å². The monoisotopic (exact) mass is 272 g/mol. The molecule has 2 unspecified atom stereocenters. The molecule has 3 aliphatic rings. The summed E-state index contributed by atoms with van der Waals surface area (Å²) in [7, 11) is 0. The molecule has 0 heterocycles. The highest BCUT2D eigenvalue weighted by Gasteiger charge is 2.54. The van der Waals surface area contributed by atoms with E-state index in [0.717, 1.165) is 11.8 Å². The Morgan fingerprint density at radius 1 is 1.10 bits per heavy atom. The molecule has 0 aliphatic heterocycles. The van der Waals surface area contributed by atoms with Crippen molar-refractivity contribution in [2.24, 2.45) is 28.1 Å². The normalized spacial score (nSPS) is 46.9. The molecule has 0 spiro atoms. The molecule has 112 valence electrons. The van der Waals surface area contributed by atoms with Gasteiger partial charge in [-0.05, 0) is 61.2 Å². The summed E-state index contributed by atoms with van der Waals surface area (Å²) in [6.45, 7) is 14.1. The Balaban J connectivity index is 1.97. The molecule has 0 amide bonds. The molecule has 0 radical (unpaired) electrons. The Morgan fingerprint density at radius 2 is 1.85 bits per heavy atom. The number of hydrogen-bond acceptors (Lipinski definition) is 0. The van der Waals surface area contributed by atoms with E-state index in [2.05, 4.69) is 46.4 Å². The molecular weight excluding hydrogens is 240 g/mol. The van der Waals surface area contributed by atoms with Gasteiger partial charge in [-0.1, -0.05) is 51.8 Å². The fourth-order valence-electron chi connectivity index (χ4n) is 6.01. The lowest BCUT2D eigenvalue weighted by atomic mass is 9.45. The van der Waals surface area contributed by atoms with Crippen LogP contribution in [0.1, 0.15) is 72.6 Å². The summed E-state index contributed by atoms with van der Waals surface area (Å²) >= 11 is 0. The highest BCUT2D eigenvalue weighted by molar-refractivity contribution is 5.26. The number of rotatable bonds is 1. The van der Waals surface area contributed by atoms with Crippen LogP contribution in [-0.4, -0.2) is 0 Å². The van der Waals surface area contributed by atoms with E-state index in [0.29, 0.717) is 10.8 Å². The first-order valence-electron chi connectivity index (χ1n) is 8.66. The van der Waals surface area contributed by atoms with Gasteiger partial charge in [0.2, 0.25) is 0 Å². The van der Waals surface area contributed by atoms with E-state index in [-0.39, 0.29) is 5.41 Å². The van der Waals surface area contributed by atoms with E-state index in [1.165, 1.54) is 44.9 Å². The van der Waals surface area contributed by atoms with Gasteiger partial charge < -0.3 is 0 Å². The van der Waals surface area contributed by atoms with E-state index >= 15 is 0 Å². The lowest BCUT2D eigenvalue weighted by Crippen LogP contribution is -2.50. The Bertz CT molecular complexity index is 441. The highest BCUT2D eigenvalue weighted by Crippen LogP contribution is 2.63. The molecule has 0 bridgehead atoms. The van der Waals surface area contributed by atoms with Crippen LogP contribution in [0, 0.1) is 28.1 Å². The minimum Gasteiger partial charge on any atom is -0.102 e. The molecule has 2 fully saturated rings. The molecule has 0 heteroatoms. The SMILES string of the molecule is C=CC1(C)C=C2CCC3C(C)(C)CCC[C@]3(C)[C@H]2CC1. The molecule has 0 aromatic heterocycles. The molecule has 4 atom stereocenters. The van der Waals surface area contributed by atoms with Crippen LogP contribution in [0.2, 0.25) is 0 Å². The molecule has 0 nitrogen and oxygen atoms in total. The molecule has 0 N–H and O–H groups in total. The summed E-state index contributed by atoms with van der Waals surface area (Å²) in [4.78, 5) is 0. The number of hydrogen-bond donors (Lipinski definition) is 0. The summed E-state index contributed by atoms with van der Waals surface area (Å²) in [5.41, 5.74) is 3.15. The third kappa shape index (κ3) is 2.02. The maximum absolute atomic E-state index is 4.07. The van der Waals surface area contributed by atoms with E-state index < -0.39 is 0 Å². The van der Waals surface area contributed by atoms with Gasteiger partial charge in [-0.25, -0.2) is 0 Å². The number of allylic oxidation sites excluding steroid dienone is 3. The van der Waals surface area contributed by atoms with Crippen LogP contribution in [0.4, 0.5) is 0 Å². The zero-order chi connectivity index (χ0) is 14.6. The molecular formula is C20H32. The fourth-order valence-corrected chi connectivity index (χ4v) is 6.01. The average molecular weight is 272 g/mol. The summed E-state index contributed by atoms with van der Waals surface area (Å²) in [6, 6.07) is 0. The van der Waals surface area contributed by atoms with Crippen molar-refractivity contribution in [3.63, 3.8) is 0 Å². The van der Waals surface area contributed by atoms with Crippen LogP contribution >= 0.6 is 0 Å². The van der Waals surface area contributed by atoms with Crippen molar-refractivity contribution in [3.05, 3.63) is 24.3 Å². The Hall–Kier alpha value is -0.520. The Morgan fingerprint density at radius 3 is 2.55 bits per heavy atom. The Kier molecular flexibility index (Phi) is 3.23. The van der Waals surface area contributed by atoms with Gasteiger partial charge in [0.05, 0.1) is 0 Å². The van der Waals surface area contributed by atoms with Crippen molar-refractivity contribution >= 4 is 0 Å². The van der Waals surface area contributed by atoms with Gasteiger partial charge in [0.1, 0.15) is 0 Å². The molecule has 0 aromatic carbocycles. The second-order valence-electron chi connectivity index (χ2n) is 8.96. The second kappa shape index (κ2) is 4.49. The first-order chi connectivity index (χ1) is 9.31. The first-order valence-corrected chi connectivity index (χ1v) is 8.66. The van der Waals surface area contributed by atoms with Crippen LogP contribution in [0.15, 0.2) is 24.3 Å². The van der Waals surface area contributed by atoms with Crippen LogP contribution < -0.4 is 0 Å². The molecule has 3 aliphatic carbocycles. The maximum Gasteiger partial charge on any atom is 0.00330 e. The van der Waals surface area contributed by atoms with Crippen LogP contribution in [0.25, 0.3) is 0 Å². The zero-order valence-electron chi connectivity index (χ0n) is 14.0. The molecule has 20 heavy (non-hydrogen) atoms. The zero-order valence-corrected chi connectivity index (χ0v) is 14.0. The predicted molar refractivity (Wildman–Crippen MR) is 87.6 cm³/mol. The van der Waals surface area contributed by atoms with Gasteiger partial charge in [-0.2, -0.15) is 0 Å². The summed E-state index contributed by atoms with van der Waals surface area (Å²) < 4.78 is 0. The van der Waals surface area contributed by atoms with Crippen LogP contribution in [0.3, 0.4) is 0 Å². The molecule has 0 aromatic rings. The fraction of sp³-hybridized carbons (Fsp3) is 0.800. The van der Waals surface area contributed by atoms with Gasteiger partial charge >= 0.3 is 0 Å². The van der Waals surface area contributed by atoms with Gasteiger partial charge in [0.15, 0.2) is 0 Å². The standard InChI is InChI=1S/C20H32/c1-6-19(4)13-10-16-15(14-19)8-9-17-18(2,3)11-7-12-20(16,17)5/h6,14,16-17H,1,7-13H2,2-5H3/t16-,17?,19?,20+/m0/s1. The number of fused-ring (bicyclic) bond motifs is 3. The van der Waals surface area contributed by atoms with Gasteiger partial charge in [0.25, 0.3) is 0 Å². The van der Waals surface area contributed by atoms with E-state index in [4.69, 9.17) is 0 Å². The minimum atomic E-state index is 0.263. The second-order valence-corrected chi connectivity index (χ2v) is 8.96. The van der Waals surface area contributed by atoms with Crippen LogP contribution in [-0.2, 0) is 0 Å². The van der Waals surface area contributed by atoms with Gasteiger partial charge in [-0.3, -0.25) is 0 Å². The maximum atomic E-state index is 4.07. The smallest absolute Gasteiger partial charge is 0.00330 e. The van der Waals surface area contributed by atoms with Crippen molar-refractivity contribution in [2.75, 3.05) is 0 Å². The summed E-state index contributed by atoms with van der Waals surface area (Å²) in [5.74, 6) is 1.79. The van der Waals surface area contributed by atoms with Crippen molar-refractivity contribution in [1.82, 2.24) is 0 Å².